The molecule has 0 spiro atoms. The topological polar surface area (TPSA) is 72.5 Å². The average Bonchev–Trinajstić information content (AvgIpc) is 2.70. The maximum atomic E-state index is 12.5. The third kappa shape index (κ3) is 4.92. The van der Waals surface area contributed by atoms with Crippen molar-refractivity contribution in [2.24, 2.45) is 0 Å². The molecule has 6 nitrogen and oxygen atoms in total. The third-order valence-corrected chi connectivity index (χ3v) is 4.15. The van der Waals surface area contributed by atoms with Gasteiger partial charge < -0.3 is 20.1 Å². The molecule has 1 amide bonds. The summed E-state index contributed by atoms with van der Waals surface area (Å²) in [5.41, 5.74) is 2.44. The number of methoxy groups -OCH3 is 1. The number of halogens is 1. The summed E-state index contributed by atoms with van der Waals surface area (Å²) in [5.74, 6) is 1.04. The van der Waals surface area contributed by atoms with E-state index in [1.165, 1.54) is 0 Å². The fourth-order valence-corrected chi connectivity index (χ4v) is 2.80. The van der Waals surface area contributed by atoms with Crippen LogP contribution in [0.5, 0.6) is 11.5 Å². The van der Waals surface area contributed by atoms with Crippen molar-refractivity contribution in [3.63, 3.8) is 0 Å². The minimum Gasteiger partial charge on any atom is -0.495 e. The van der Waals surface area contributed by atoms with E-state index in [-0.39, 0.29) is 5.91 Å². The minimum atomic E-state index is -0.305. The van der Waals surface area contributed by atoms with Crippen LogP contribution < -0.4 is 20.1 Å². The predicted octanol–water partition coefficient (Wildman–Crippen LogP) is 5.14. The lowest BCUT2D eigenvalue weighted by Crippen LogP contribution is -2.13. The Kier molecular flexibility index (Phi) is 6.34. The lowest BCUT2D eigenvalue weighted by Gasteiger charge is -2.10. The first-order valence-electron chi connectivity index (χ1n) is 8.70. The van der Waals surface area contributed by atoms with Crippen LogP contribution in [-0.4, -0.2) is 24.6 Å². The number of carbonyl (C=O) groups is 1. The van der Waals surface area contributed by atoms with Crippen molar-refractivity contribution in [3.05, 3.63) is 71.5 Å². The molecule has 28 heavy (non-hydrogen) atoms. The summed E-state index contributed by atoms with van der Waals surface area (Å²) >= 11 is 6.15. The summed E-state index contributed by atoms with van der Waals surface area (Å²) in [4.78, 5) is 16.6. The number of anilines is 3. The number of aromatic nitrogens is 1. The molecule has 1 aromatic heterocycles. The first-order valence-corrected chi connectivity index (χ1v) is 9.07. The number of hydrogen-bond donors (Lipinski definition) is 2. The van der Waals surface area contributed by atoms with Crippen molar-refractivity contribution in [1.82, 2.24) is 4.98 Å². The van der Waals surface area contributed by atoms with E-state index in [9.17, 15) is 4.79 Å². The lowest BCUT2D eigenvalue weighted by molar-refractivity contribution is 0.102. The van der Waals surface area contributed by atoms with E-state index in [0.717, 1.165) is 11.4 Å². The van der Waals surface area contributed by atoms with Crippen LogP contribution in [0.2, 0.25) is 5.02 Å². The van der Waals surface area contributed by atoms with E-state index in [2.05, 4.69) is 15.6 Å². The minimum absolute atomic E-state index is 0.290. The molecule has 2 N–H and O–H groups in total. The predicted molar refractivity (Wildman–Crippen MR) is 111 cm³/mol. The summed E-state index contributed by atoms with van der Waals surface area (Å²) in [6.45, 7) is 2.51. The van der Waals surface area contributed by atoms with Gasteiger partial charge in [-0.05, 0) is 61.5 Å². The molecular formula is C21H20ClN3O3. The summed E-state index contributed by atoms with van der Waals surface area (Å²) in [5, 5.41) is 6.52. The van der Waals surface area contributed by atoms with Crippen LogP contribution >= 0.6 is 11.6 Å². The van der Waals surface area contributed by atoms with Gasteiger partial charge in [-0.1, -0.05) is 11.6 Å². The van der Waals surface area contributed by atoms with Crippen LogP contribution in [0.15, 0.2) is 60.8 Å². The smallest absolute Gasteiger partial charge is 0.274 e. The summed E-state index contributed by atoms with van der Waals surface area (Å²) in [6, 6.07) is 16.0. The normalized spacial score (nSPS) is 10.2. The number of hydrogen-bond acceptors (Lipinski definition) is 5. The number of nitrogens with zero attached hydrogens (tertiary/aromatic N) is 1. The first-order chi connectivity index (χ1) is 13.6. The summed E-state index contributed by atoms with van der Waals surface area (Å²) in [7, 11) is 1.56. The average molecular weight is 398 g/mol. The number of ether oxygens (including phenoxy) is 2. The van der Waals surface area contributed by atoms with Crippen LogP contribution in [-0.2, 0) is 0 Å². The van der Waals surface area contributed by atoms with E-state index in [1.54, 1.807) is 61.8 Å². The number of nitrogens with one attached hydrogen (secondary N) is 2. The Balaban J connectivity index is 1.69. The lowest BCUT2D eigenvalue weighted by atomic mass is 10.2. The van der Waals surface area contributed by atoms with E-state index < -0.39 is 0 Å². The van der Waals surface area contributed by atoms with Gasteiger partial charge in [0.25, 0.3) is 5.91 Å². The molecule has 0 aliphatic rings. The molecule has 0 saturated carbocycles. The maximum Gasteiger partial charge on any atom is 0.274 e. The highest BCUT2D eigenvalue weighted by Crippen LogP contribution is 2.29. The molecule has 0 saturated heterocycles. The monoisotopic (exact) mass is 397 g/mol. The molecule has 1 heterocycles. The Morgan fingerprint density at radius 2 is 1.75 bits per heavy atom. The molecular weight excluding hydrogens is 378 g/mol. The van der Waals surface area contributed by atoms with Gasteiger partial charge in [0, 0.05) is 23.3 Å². The largest absolute Gasteiger partial charge is 0.495 e. The second-order valence-corrected chi connectivity index (χ2v) is 6.22. The van der Waals surface area contributed by atoms with Crippen molar-refractivity contribution in [2.75, 3.05) is 24.4 Å². The van der Waals surface area contributed by atoms with Gasteiger partial charge in [0.1, 0.15) is 17.2 Å². The molecule has 144 valence electrons. The van der Waals surface area contributed by atoms with Crippen molar-refractivity contribution in [2.45, 2.75) is 6.92 Å². The number of benzene rings is 2. The molecule has 3 aromatic rings. The van der Waals surface area contributed by atoms with Gasteiger partial charge in [0.2, 0.25) is 0 Å². The Morgan fingerprint density at radius 3 is 2.43 bits per heavy atom. The van der Waals surface area contributed by atoms with E-state index >= 15 is 0 Å². The highest BCUT2D eigenvalue weighted by molar-refractivity contribution is 6.32. The zero-order valence-electron chi connectivity index (χ0n) is 15.5. The molecule has 0 atom stereocenters. The third-order valence-electron chi connectivity index (χ3n) is 3.86. The highest BCUT2D eigenvalue weighted by atomic mass is 35.5. The molecule has 0 unspecified atom stereocenters. The van der Waals surface area contributed by atoms with Crippen molar-refractivity contribution in [1.29, 1.82) is 0 Å². The summed E-state index contributed by atoms with van der Waals surface area (Å²) < 4.78 is 10.5. The van der Waals surface area contributed by atoms with Gasteiger partial charge in [0.15, 0.2) is 0 Å². The van der Waals surface area contributed by atoms with E-state index in [1.807, 2.05) is 13.0 Å². The Morgan fingerprint density at radius 1 is 1.04 bits per heavy atom. The second kappa shape index (κ2) is 9.10. The Bertz CT molecular complexity index is 961. The van der Waals surface area contributed by atoms with Crippen molar-refractivity contribution < 1.29 is 14.3 Å². The first kappa shape index (κ1) is 19.5. The van der Waals surface area contributed by atoms with Crippen LogP contribution in [0.1, 0.15) is 17.4 Å². The molecule has 0 fully saturated rings. The molecule has 0 radical (unpaired) electrons. The van der Waals surface area contributed by atoms with Gasteiger partial charge in [-0.15, -0.1) is 0 Å². The zero-order chi connectivity index (χ0) is 19.9. The van der Waals surface area contributed by atoms with Gasteiger partial charge >= 0.3 is 0 Å². The van der Waals surface area contributed by atoms with Gasteiger partial charge in [-0.25, -0.2) is 0 Å². The zero-order valence-corrected chi connectivity index (χ0v) is 16.3. The maximum absolute atomic E-state index is 12.5. The fourth-order valence-electron chi connectivity index (χ4n) is 2.54. The number of amides is 1. The Hall–Kier alpha value is -3.25. The number of pyridine rings is 1. The molecule has 0 bridgehead atoms. The molecule has 0 aliphatic heterocycles. The number of carbonyl (C=O) groups excluding carboxylic acids is 1. The molecule has 2 aromatic carbocycles. The quantitative estimate of drug-likeness (QED) is 0.577. The molecule has 7 heteroatoms. The highest BCUT2D eigenvalue weighted by Gasteiger charge is 2.09. The van der Waals surface area contributed by atoms with Crippen LogP contribution in [0.3, 0.4) is 0 Å². The van der Waals surface area contributed by atoms with Crippen molar-refractivity contribution >= 4 is 34.6 Å². The summed E-state index contributed by atoms with van der Waals surface area (Å²) in [6.07, 6.45) is 1.57. The standard InChI is InChI=1S/C21H20ClN3O3/c1-3-28-17-7-4-14(5-8-17)25-21(26)19-13-16(10-11-23-19)24-15-6-9-20(27-2)18(22)12-15/h4-13H,3H2,1-2H3,(H,23,24)(H,25,26). The van der Waals surface area contributed by atoms with Gasteiger partial charge in [0.05, 0.1) is 18.7 Å². The van der Waals surface area contributed by atoms with Crippen LogP contribution in [0.25, 0.3) is 0 Å². The van der Waals surface area contributed by atoms with Gasteiger partial charge in [-0.3, -0.25) is 9.78 Å². The van der Waals surface area contributed by atoms with Crippen molar-refractivity contribution in [3.8, 4) is 11.5 Å². The van der Waals surface area contributed by atoms with E-state index in [4.69, 9.17) is 21.1 Å². The molecule has 0 aliphatic carbocycles. The van der Waals surface area contributed by atoms with Gasteiger partial charge in [-0.2, -0.15) is 0 Å². The second-order valence-electron chi connectivity index (χ2n) is 5.82. The fraction of sp³-hybridized carbons (Fsp3) is 0.143. The molecule has 3 rings (SSSR count). The Labute approximate surface area is 168 Å². The van der Waals surface area contributed by atoms with E-state index in [0.29, 0.717) is 34.4 Å². The van der Waals surface area contributed by atoms with Crippen LogP contribution in [0, 0.1) is 0 Å². The SMILES string of the molecule is CCOc1ccc(NC(=O)c2cc(Nc3ccc(OC)c(Cl)c3)ccn2)cc1. The van der Waals surface area contributed by atoms with Crippen LogP contribution in [0.4, 0.5) is 17.1 Å². The number of rotatable bonds is 7.